The Bertz CT molecular complexity index is 867. The van der Waals surface area contributed by atoms with Gasteiger partial charge in [0.15, 0.2) is 15.6 Å². The van der Waals surface area contributed by atoms with Crippen molar-refractivity contribution in [2.24, 2.45) is 4.99 Å². The van der Waals surface area contributed by atoms with Crippen LogP contribution in [0.5, 0.6) is 0 Å². The molecule has 0 heterocycles. The van der Waals surface area contributed by atoms with Gasteiger partial charge in [-0.1, -0.05) is 0 Å². The van der Waals surface area contributed by atoms with Gasteiger partial charge in [0.25, 0.3) is 0 Å². The lowest BCUT2D eigenvalue weighted by atomic mass is 10.1. The van der Waals surface area contributed by atoms with E-state index in [0.717, 1.165) is 6.26 Å². The molecule has 2 rings (SSSR count). The number of ether oxygens (including phenoxy) is 1. The van der Waals surface area contributed by atoms with Gasteiger partial charge in [0.05, 0.1) is 12.0 Å². The van der Waals surface area contributed by atoms with Crippen molar-refractivity contribution in [3.8, 4) is 0 Å². The van der Waals surface area contributed by atoms with Crippen molar-refractivity contribution in [1.82, 2.24) is 0 Å². The monoisotopic (exact) mass is 347 g/mol. The molecule has 2 aromatic carbocycles. The first kappa shape index (κ1) is 17.9. The van der Waals surface area contributed by atoms with Crippen LogP contribution in [0.4, 0.5) is 4.39 Å². The van der Waals surface area contributed by atoms with Crippen LogP contribution in [0.25, 0.3) is 11.5 Å². The van der Waals surface area contributed by atoms with Gasteiger partial charge >= 0.3 is 0 Å². The van der Waals surface area contributed by atoms with Gasteiger partial charge in [0, 0.05) is 23.6 Å². The molecule has 24 heavy (non-hydrogen) atoms. The molecule has 0 aliphatic rings. The summed E-state index contributed by atoms with van der Waals surface area (Å²) in [6.07, 6.45) is 2.77. The quantitative estimate of drug-likeness (QED) is 0.470. The third-order valence-corrected chi connectivity index (χ3v) is 4.47. The molecule has 2 aromatic rings. The number of hydrogen-bond acceptors (Lipinski definition) is 4. The average Bonchev–Trinajstić information content (AvgIpc) is 2.55. The molecule has 0 bridgehead atoms. The number of nitrogens with zero attached hydrogens (tertiary/aromatic N) is 1. The summed E-state index contributed by atoms with van der Waals surface area (Å²) in [6.45, 7) is 1.77. The standard InChI is InChI=1S/C18H18FNO3S/c1-4-20-17(13-5-9-15(19)10-6-13)18(23-2)14-7-11-16(12-8-14)24(3,21)22/h4-12H,1-3H3/b18-17-,20-4?. The predicted molar refractivity (Wildman–Crippen MR) is 93.9 cm³/mol. The number of rotatable bonds is 5. The van der Waals surface area contributed by atoms with Gasteiger partial charge in [-0.2, -0.15) is 0 Å². The van der Waals surface area contributed by atoms with E-state index in [1.54, 1.807) is 37.4 Å². The first-order chi connectivity index (χ1) is 11.4. The lowest BCUT2D eigenvalue weighted by Gasteiger charge is -2.12. The van der Waals surface area contributed by atoms with E-state index in [1.807, 2.05) is 0 Å². The highest BCUT2D eigenvalue weighted by atomic mass is 32.2. The molecule has 0 fully saturated rings. The molecule has 0 amide bonds. The highest BCUT2D eigenvalue weighted by molar-refractivity contribution is 7.90. The zero-order valence-electron chi connectivity index (χ0n) is 13.7. The van der Waals surface area contributed by atoms with Crippen LogP contribution >= 0.6 is 0 Å². The molecule has 0 aromatic heterocycles. The molecule has 6 heteroatoms. The lowest BCUT2D eigenvalue weighted by Crippen LogP contribution is -1.98. The minimum absolute atomic E-state index is 0.226. The maximum atomic E-state index is 13.2. The molecule has 0 atom stereocenters. The van der Waals surface area contributed by atoms with Crippen molar-refractivity contribution in [2.45, 2.75) is 11.8 Å². The molecule has 0 radical (unpaired) electrons. The number of halogens is 1. The van der Waals surface area contributed by atoms with Crippen molar-refractivity contribution >= 4 is 27.5 Å². The van der Waals surface area contributed by atoms with Crippen molar-refractivity contribution in [2.75, 3.05) is 13.4 Å². The Morgan fingerprint density at radius 2 is 1.58 bits per heavy atom. The molecule has 0 unspecified atom stereocenters. The molecular formula is C18H18FNO3S. The minimum atomic E-state index is -3.27. The summed E-state index contributed by atoms with van der Waals surface area (Å²) in [5.41, 5.74) is 1.90. The summed E-state index contributed by atoms with van der Waals surface area (Å²) < 4.78 is 41.8. The summed E-state index contributed by atoms with van der Waals surface area (Å²) in [7, 11) is -1.76. The molecule has 0 aliphatic carbocycles. The van der Waals surface area contributed by atoms with Crippen LogP contribution in [0.1, 0.15) is 18.1 Å². The first-order valence-corrected chi connectivity index (χ1v) is 9.09. The largest absolute Gasteiger partial charge is 0.494 e. The van der Waals surface area contributed by atoms with Gasteiger partial charge in [-0.05, 0) is 55.5 Å². The van der Waals surface area contributed by atoms with E-state index in [2.05, 4.69) is 4.99 Å². The molecule has 0 saturated carbocycles. The Hall–Kier alpha value is -2.47. The maximum Gasteiger partial charge on any atom is 0.175 e. The van der Waals surface area contributed by atoms with Crippen LogP contribution in [0.3, 0.4) is 0 Å². The van der Waals surface area contributed by atoms with Crippen molar-refractivity contribution in [3.05, 3.63) is 65.5 Å². The van der Waals surface area contributed by atoms with E-state index in [-0.39, 0.29) is 10.7 Å². The lowest BCUT2D eigenvalue weighted by molar-refractivity contribution is 0.371. The number of aliphatic imine (C=N–C) groups is 1. The average molecular weight is 347 g/mol. The second-order valence-electron chi connectivity index (χ2n) is 5.07. The van der Waals surface area contributed by atoms with Crippen molar-refractivity contribution in [1.29, 1.82) is 0 Å². The normalized spacial score (nSPS) is 13.0. The summed E-state index contributed by atoms with van der Waals surface area (Å²) in [4.78, 5) is 4.56. The third kappa shape index (κ3) is 4.08. The summed E-state index contributed by atoms with van der Waals surface area (Å²) in [5.74, 6) is 0.134. The van der Waals surface area contributed by atoms with Gasteiger partial charge < -0.3 is 4.74 Å². The molecule has 4 nitrogen and oxygen atoms in total. The third-order valence-electron chi connectivity index (χ3n) is 3.34. The zero-order valence-corrected chi connectivity index (χ0v) is 14.5. The first-order valence-electron chi connectivity index (χ1n) is 7.20. The number of benzene rings is 2. The highest BCUT2D eigenvalue weighted by Crippen LogP contribution is 2.29. The van der Waals surface area contributed by atoms with E-state index >= 15 is 0 Å². The SMILES string of the molecule is CC=N/C(=C(\OC)c1ccc(S(C)(=O)=O)cc1)c1ccc(F)cc1. The molecule has 0 spiro atoms. The van der Waals surface area contributed by atoms with Crippen molar-refractivity contribution < 1.29 is 17.5 Å². The van der Waals surface area contributed by atoms with E-state index in [9.17, 15) is 12.8 Å². The van der Waals surface area contributed by atoms with Gasteiger partial charge in [-0.3, -0.25) is 4.99 Å². The molecular weight excluding hydrogens is 329 g/mol. The number of hydrogen-bond donors (Lipinski definition) is 0. The van der Waals surface area contributed by atoms with Gasteiger partial charge in [0.1, 0.15) is 11.5 Å². The van der Waals surface area contributed by atoms with E-state index < -0.39 is 9.84 Å². The Morgan fingerprint density at radius 1 is 1.04 bits per heavy atom. The molecule has 0 saturated heterocycles. The molecule has 0 N–H and O–H groups in total. The smallest absolute Gasteiger partial charge is 0.175 e. The van der Waals surface area contributed by atoms with Gasteiger partial charge in [-0.15, -0.1) is 0 Å². The fourth-order valence-corrected chi connectivity index (χ4v) is 2.84. The topological polar surface area (TPSA) is 55.7 Å². The zero-order chi connectivity index (χ0) is 17.7. The van der Waals surface area contributed by atoms with Gasteiger partial charge in [-0.25, -0.2) is 12.8 Å². The number of sulfone groups is 1. The maximum absolute atomic E-state index is 13.2. The minimum Gasteiger partial charge on any atom is -0.494 e. The van der Waals surface area contributed by atoms with Crippen LogP contribution in [0, 0.1) is 5.82 Å². The second-order valence-corrected chi connectivity index (χ2v) is 7.09. The van der Waals surface area contributed by atoms with Crippen LogP contribution in [-0.2, 0) is 14.6 Å². The van der Waals surface area contributed by atoms with Crippen LogP contribution in [0.15, 0.2) is 58.4 Å². The summed E-state index contributed by atoms with van der Waals surface area (Å²) in [5, 5.41) is 0. The Kier molecular flexibility index (Phi) is 5.51. The van der Waals surface area contributed by atoms with Crippen LogP contribution in [0.2, 0.25) is 0 Å². The fraction of sp³-hybridized carbons (Fsp3) is 0.167. The summed E-state index contributed by atoms with van der Waals surface area (Å²) >= 11 is 0. The molecule has 126 valence electrons. The van der Waals surface area contributed by atoms with Crippen LogP contribution in [-0.4, -0.2) is 28.0 Å². The Balaban J connectivity index is 2.59. The van der Waals surface area contributed by atoms with E-state index in [4.69, 9.17) is 4.74 Å². The van der Waals surface area contributed by atoms with E-state index in [0.29, 0.717) is 22.6 Å². The fourth-order valence-electron chi connectivity index (χ4n) is 2.21. The Labute approximate surface area is 141 Å². The van der Waals surface area contributed by atoms with Crippen molar-refractivity contribution in [3.63, 3.8) is 0 Å². The predicted octanol–water partition coefficient (Wildman–Crippen LogP) is 3.79. The summed E-state index contributed by atoms with van der Waals surface area (Å²) in [6, 6.07) is 12.3. The Morgan fingerprint density at radius 3 is 2.04 bits per heavy atom. The molecule has 0 aliphatic heterocycles. The highest BCUT2D eigenvalue weighted by Gasteiger charge is 2.13. The van der Waals surface area contributed by atoms with Gasteiger partial charge in [0.2, 0.25) is 0 Å². The van der Waals surface area contributed by atoms with E-state index in [1.165, 1.54) is 31.4 Å². The second kappa shape index (κ2) is 7.40. The number of methoxy groups -OCH3 is 1. The van der Waals surface area contributed by atoms with Crippen LogP contribution < -0.4 is 0 Å².